The molecule has 1 amide bonds. The number of likely N-dealkylation sites (N-methyl/N-ethyl adjacent to an activating group) is 1. The fourth-order valence-corrected chi connectivity index (χ4v) is 0.695. The number of rotatable bonds is 4. The Balaban J connectivity index is 4.17. The Morgan fingerprint density at radius 2 is 2.08 bits per heavy atom. The Bertz CT molecular complexity index is 157. The molecule has 0 spiro atoms. The predicted octanol–water partition coefficient (Wildman–Crippen LogP) is -0.171. The van der Waals surface area contributed by atoms with Gasteiger partial charge in [0.2, 0.25) is 5.91 Å². The van der Waals surface area contributed by atoms with Crippen molar-refractivity contribution in [1.29, 1.82) is 0 Å². The maximum Gasteiger partial charge on any atom is 0.248 e. The van der Waals surface area contributed by atoms with Crippen molar-refractivity contribution in [2.45, 2.75) is 19.4 Å². The largest absolute Gasteiger partial charge is 0.375 e. The van der Waals surface area contributed by atoms with E-state index in [9.17, 15) is 4.79 Å². The van der Waals surface area contributed by atoms with Gasteiger partial charge in [0.05, 0.1) is 0 Å². The van der Waals surface area contributed by atoms with Crippen molar-refractivity contribution in [3.63, 3.8) is 0 Å². The molecule has 0 radical (unpaired) electrons. The van der Waals surface area contributed by atoms with E-state index >= 15 is 0 Å². The second-order valence-electron chi connectivity index (χ2n) is 3.40. The maximum atomic E-state index is 11.3. The van der Waals surface area contributed by atoms with Crippen LogP contribution in [0.15, 0.2) is 0 Å². The summed E-state index contributed by atoms with van der Waals surface area (Å²) in [5.74, 6) is -0.0482. The molecule has 0 aromatic heterocycles. The third kappa shape index (κ3) is 2.79. The van der Waals surface area contributed by atoms with Crippen molar-refractivity contribution in [2.24, 2.45) is 5.73 Å². The fourth-order valence-electron chi connectivity index (χ4n) is 0.695. The third-order valence-corrected chi connectivity index (χ3v) is 2.05. The molecule has 0 unspecified atom stereocenters. The predicted molar refractivity (Wildman–Crippen MR) is 47.8 cm³/mol. The lowest BCUT2D eigenvalue weighted by atomic mass is 10.0. The van der Waals surface area contributed by atoms with E-state index in [0.29, 0.717) is 6.54 Å². The van der Waals surface area contributed by atoms with Crippen LogP contribution >= 0.6 is 0 Å². The number of hydrogen-bond acceptors (Lipinski definition) is 3. The Morgan fingerprint density at radius 1 is 1.58 bits per heavy atom. The fraction of sp³-hybridized carbons (Fsp3) is 0.875. The molecule has 0 saturated carbocycles. The highest BCUT2D eigenvalue weighted by atomic mass is 16.5. The van der Waals surface area contributed by atoms with Crippen LogP contribution in [0.4, 0.5) is 0 Å². The first-order valence-electron chi connectivity index (χ1n) is 3.91. The summed E-state index contributed by atoms with van der Waals surface area (Å²) in [6.07, 6.45) is 0. The van der Waals surface area contributed by atoms with Gasteiger partial charge in [-0.15, -0.1) is 0 Å². The van der Waals surface area contributed by atoms with Gasteiger partial charge in [-0.25, -0.2) is 0 Å². The molecule has 0 saturated heterocycles. The van der Waals surface area contributed by atoms with Gasteiger partial charge in [-0.1, -0.05) is 0 Å². The molecule has 0 aromatic carbocycles. The van der Waals surface area contributed by atoms with Crippen LogP contribution in [0.1, 0.15) is 13.8 Å². The van der Waals surface area contributed by atoms with E-state index in [1.54, 1.807) is 11.9 Å². The summed E-state index contributed by atoms with van der Waals surface area (Å²) in [7, 11) is 3.23. The molecule has 4 heteroatoms. The molecule has 12 heavy (non-hydrogen) atoms. The van der Waals surface area contributed by atoms with E-state index in [1.165, 1.54) is 7.11 Å². The number of ether oxygens (including phenoxy) is 1. The zero-order chi connectivity index (χ0) is 9.78. The number of amides is 1. The van der Waals surface area contributed by atoms with E-state index in [-0.39, 0.29) is 18.1 Å². The van der Waals surface area contributed by atoms with Crippen LogP contribution in [-0.4, -0.2) is 43.7 Å². The minimum Gasteiger partial charge on any atom is -0.375 e. The van der Waals surface area contributed by atoms with Gasteiger partial charge in [0, 0.05) is 26.2 Å². The maximum absolute atomic E-state index is 11.3. The summed E-state index contributed by atoms with van der Waals surface area (Å²) in [4.78, 5) is 12.9. The molecule has 0 atom stereocenters. The normalized spacial score (nSPS) is 11.4. The Morgan fingerprint density at radius 3 is 2.42 bits per heavy atom. The van der Waals surface area contributed by atoms with Gasteiger partial charge in [-0.2, -0.15) is 0 Å². The van der Waals surface area contributed by atoms with Crippen LogP contribution in [0.2, 0.25) is 0 Å². The molecule has 2 N–H and O–H groups in total. The SMILES string of the molecule is COCC(=O)N(C)C(C)(C)CN. The Hall–Kier alpha value is -0.610. The molecule has 0 fully saturated rings. The molecule has 72 valence electrons. The van der Waals surface area contributed by atoms with Gasteiger partial charge in [0.25, 0.3) is 0 Å². The summed E-state index contributed by atoms with van der Waals surface area (Å²) in [6.45, 7) is 4.39. The van der Waals surface area contributed by atoms with E-state index < -0.39 is 0 Å². The summed E-state index contributed by atoms with van der Waals surface area (Å²) in [5, 5.41) is 0. The van der Waals surface area contributed by atoms with Crippen LogP contribution in [0.25, 0.3) is 0 Å². The first-order valence-corrected chi connectivity index (χ1v) is 3.91. The van der Waals surface area contributed by atoms with E-state index in [1.807, 2.05) is 13.8 Å². The number of nitrogens with two attached hydrogens (primary N) is 1. The number of carbonyl (C=O) groups is 1. The topological polar surface area (TPSA) is 55.6 Å². The van der Waals surface area contributed by atoms with Gasteiger partial charge in [0.1, 0.15) is 6.61 Å². The average molecular weight is 174 g/mol. The van der Waals surface area contributed by atoms with Gasteiger partial charge in [-0.3, -0.25) is 4.79 Å². The lowest BCUT2D eigenvalue weighted by Crippen LogP contribution is -2.51. The van der Waals surface area contributed by atoms with Crippen molar-refractivity contribution in [2.75, 3.05) is 27.3 Å². The van der Waals surface area contributed by atoms with E-state index in [4.69, 9.17) is 10.5 Å². The monoisotopic (exact) mass is 174 g/mol. The minimum atomic E-state index is -0.296. The van der Waals surface area contributed by atoms with Crippen molar-refractivity contribution in [1.82, 2.24) is 4.90 Å². The van der Waals surface area contributed by atoms with E-state index in [0.717, 1.165) is 0 Å². The standard InChI is InChI=1S/C8H18N2O2/c1-8(2,6-9)10(3)7(11)5-12-4/h5-6,9H2,1-4H3. The first kappa shape index (κ1) is 11.4. The number of carbonyl (C=O) groups excluding carboxylic acids is 1. The molecule has 0 aliphatic carbocycles. The van der Waals surface area contributed by atoms with Crippen molar-refractivity contribution >= 4 is 5.91 Å². The van der Waals surface area contributed by atoms with Crippen molar-refractivity contribution in [3.05, 3.63) is 0 Å². The number of methoxy groups -OCH3 is 1. The smallest absolute Gasteiger partial charge is 0.248 e. The molecular weight excluding hydrogens is 156 g/mol. The van der Waals surface area contributed by atoms with Crippen molar-refractivity contribution < 1.29 is 9.53 Å². The summed E-state index contributed by atoms with van der Waals surface area (Å²) >= 11 is 0. The minimum absolute atomic E-state index is 0.0482. The van der Waals surface area contributed by atoms with Crippen LogP contribution in [0.5, 0.6) is 0 Å². The zero-order valence-corrected chi connectivity index (χ0v) is 8.26. The first-order chi connectivity index (χ1) is 5.45. The quantitative estimate of drug-likeness (QED) is 0.643. The molecular formula is C8H18N2O2. The van der Waals surface area contributed by atoms with Gasteiger partial charge in [0.15, 0.2) is 0 Å². The van der Waals surface area contributed by atoms with Gasteiger partial charge < -0.3 is 15.4 Å². The molecule has 0 rings (SSSR count). The summed E-state index contributed by atoms with van der Waals surface area (Å²) in [6, 6.07) is 0. The van der Waals surface area contributed by atoms with Crippen LogP contribution in [0, 0.1) is 0 Å². The van der Waals surface area contributed by atoms with Crippen LogP contribution < -0.4 is 5.73 Å². The molecule has 0 aromatic rings. The average Bonchev–Trinajstić information content (AvgIpc) is 2.03. The van der Waals surface area contributed by atoms with Gasteiger partial charge in [-0.05, 0) is 13.8 Å². The molecule has 4 nitrogen and oxygen atoms in total. The lowest BCUT2D eigenvalue weighted by Gasteiger charge is -2.34. The highest BCUT2D eigenvalue weighted by Crippen LogP contribution is 2.09. The second-order valence-corrected chi connectivity index (χ2v) is 3.40. The summed E-state index contributed by atoms with van der Waals surface area (Å²) < 4.78 is 4.73. The molecule has 0 bridgehead atoms. The van der Waals surface area contributed by atoms with Crippen molar-refractivity contribution in [3.8, 4) is 0 Å². The second kappa shape index (κ2) is 4.42. The molecule has 0 aliphatic rings. The third-order valence-electron chi connectivity index (χ3n) is 2.05. The lowest BCUT2D eigenvalue weighted by molar-refractivity contribution is -0.138. The van der Waals surface area contributed by atoms with E-state index in [2.05, 4.69) is 0 Å². The molecule has 0 heterocycles. The number of hydrogen-bond donors (Lipinski definition) is 1. The highest BCUT2D eigenvalue weighted by Gasteiger charge is 2.25. The van der Waals surface area contributed by atoms with Crippen LogP contribution in [0.3, 0.4) is 0 Å². The molecule has 0 aliphatic heterocycles. The Labute approximate surface area is 73.7 Å². The number of nitrogens with zero attached hydrogens (tertiary/aromatic N) is 1. The Kier molecular flexibility index (Phi) is 4.20. The summed E-state index contributed by atoms with van der Waals surface area (Å²) in [5.41, 5.74) is 5.21. The zero-order valence-electron chi connectivity index (χ0n) is 8.26. The highest BCUT2D eigenvalue weighted by molar-refractivity contribution is 5.77. The van der Waals surface area contributed by atoms with Gasteiger partial charge >= 0.3 is 0 Å². The van der Waals surface area contributed by atoms with Crippen LogP contribution in [-0.2, 0) is 9.53 Å².